The van der Waals surface area contributed by atoms with E-state index in [1.54, 1.807) is 0 Å². The summed E-state index contributed by atoms with van der Waals surface area (Å²) in [5.74, 6) is 0. The Morgan fingerprint density at radius 2 is 1.05 bits per heavy atom. The van der Waals surface area contributed by atoms with Crippen molar-refractivity contribution >= 4 is 33.3 Å². The molecular weight excluding hydrogens is 701 g/mol. The van der Waals surface area contributed by atoms with E-state index in [9.17, 15) is 0 Å². The second kappa shape index (κ2) is 13.9. The number of hydrogen-bond donors (Lipinski definition) is 2. The molecule has 0 saturated heterocycles. The number of fused-ring (bicyclic) bond motifs is 4. The van der Waals surface area contributed by atoms with E-state index >= 15 is 0 Å². The molecule has 2 nitrogen and oxygen atoms in total. The van der Waals surface area contributed by atoms with Crippen LogP contribution in [0, 0.1) is 5.41 Å². The van der Waals surface area contributed by atoms with E-state index in [4.69, 9.17) is 5.41 Å². The van der Waals surface area contributed by atoms with Gasteiger partial charge in [0.1, 0.15) is 0 Å². The average molecular weight is 739 g/mol. The minimum Gasteiger partial charge on any atom is -0.379 e. The lowest BCUT2D eigenvalue weighted by atomic mass is 9.82. The number of benzene rings is 8. The first-order valence-electron chi connectivity index (χ1n) is 20.0. The first-order valence-corrected chi connectivity index (χ1v) is 20.0. The van der Waals surface area contributed by atoms with Gasteiger partial charge in [-0.3, -0.25) is 5.41 Å². The van der Waals surface area contributed by atoms with Crippen LogP contribution in [0.2, 0.25) is 0 Å². The Kier molecular flexibility index (Phi) is 8.08. The van der Waals surface area contributed by atoms with Crippen molar-refractivity contribution in [2.24, 2.45) is 0 Å². The summed E-state index contributed by atoms with van der Waals surface area (Å²) in [5.41, 5.74) is 19.4. The van der Waals surface area contributed by atoms with Crippen LogP contribution in [0.1, 0.15) is 5.56 Å². The summed E-state index contributed by atoms with van der Waals surface area (Å²) in [6.45, 7) is 0.746. The van der Waals surface area contributed by atoms with Crippen molar-refractivity contribution in [1.29, 1.82) is 5.41 Å². The highest BCUT2D eigenvalue weighted by molar-refractivity contribution is 6.28. The van der Waals surface area contributed by atoms with E-state index in [1.165, 1.54) is 88.3 Å². The second-order valence-corrected chi connectivity index (χ2v) is 15.2. The maximum atomic E-state index is 8.87. The van der Waals surface area contributed by atoms with Crippen LogP contribution >= 0.6 is 0 Å². The van der Waals surface area contributed by atoms with Crippen molar-refractivity contribution in [1.82, 2.24) is 5.32 Å². The molecule has 8 aromatic carbocycles. The summed E-state index contributed by atoms with van der Waals surface area (Å²) >= 11 is 0. The molecule has 2 aliphatic carbocycles. The molecule has 3 aliphatic rings. The second-order valence-electron chi connectivity index (χ2n) is 15.2. The third-order valence-corrected chi connectivity index (χ3v) is 11.8. The van der Waals surface area contributed by atoms with Crippen LogP contribution in [0.4, 0.5) is 0 Å². The number of allylic oxidation sites excluding steroid dienone is 7. The van der Waals surface area contributed by atoms with E-state index in [2.05, 4.69) is 199 Å². The fourth-order valence-corrected chi connectivity index (χ4v) is 9.28. The van der Waals surface area contributed by atoms with Gasteiger partial charge in [-0.15, -0.1) is 0 Å². The van der Waals surface area contributed by atoms with Crippen LogP contribution in [-0.2, 0) is 0 Å². The maximum absolute atomic E-state index is 8.87. The monoisotopic (exact) mass is 738 g/mol. The summed E-state index contributed by atoms with van der Waals surface area (Å²) < 4.78 is 0. The Morgan fingerprint density at radius 1 is 0.466 bits per heavy atom. The molecule has 0 saturated carbocycles. The molecule has 2 heteroatoms. The lowest BCUT2D eigenvalue weighted by Gasteiger charge is -2.21. The maximum Gasteiger partial charge on any atom is 0.0849 e. The molecule has 2 N–H and O–H groups in total. The van der Waals surface area contributed by atoms with Gasteiger partial charge in [-0.1, -0.05) is 188 Å². The van der Waals surface area contributed by atoms with E-state index in [0.29, 0.717) is 5.71 Å². The number of hydrogen-bond acceptors (Lipinski definition) is 2. The Balaban J connectivity index is 1.11. The minimum absolute atomic E-state index is 0.526. The highest BCUT2D eigenvalue weighted by Gasteiger charge is 2.31. The Bertz CT molecular complexity index is 3050. The van der Waals surface area contributed by atoms with Gasteiger partial charge >= 0.3 is 0 Å². The van der Waals surface area contributed by atoms with Crippen molar-refractivity contribution < 1.29 is 0 Å². The van der Waals surface area contributed by atoms with E-state index in [-0.39, 0.29) is 0 Å². The highest BCUT2D eigenvalue weighted by Crippen LogP contribution is 2.58. The molecule has 11 rings (SSSR count). The van der Waals surface area contributed by atoms with Crippen LogP contribution in [0.3, 0.4) is 0 Å². The molecule has 0 radical (unpaired) electrons. The molecular formula is C56H38N2. The predicted molar refractivity (Wildman–Crippen MR) is 246 cm³/mol. The van der Waals surface area contributed by atoms with Gasteiger partial charge in [-0.25, -0.2) is 0 Å². The lowest BCUT2D eigenvalue weighted by Crippen LogP contribution is -2.26. The molecule has 0 fully saturated rings. The average Bonchev–Trinajstić information content (AvgIpc) is 3.62. The molecule has 58 heavy (non-hydrogen) atoms. The normalized spacial score (nSPS) is 14.8. The summed E-state index contributed by atoms with van der Waals surface area (Å²) in [7, 11) is 0. The third kappa shape index (κ3) is 5.53. The summed E-state index contributed by atoms with van der Waals surface area (Å²) in [6.07, 6.45) is 14.6. The summed E-state index contributed by atoms with van der Waals surface area (Å²) in [4.78, 5) is 0. The van der Waals surface area contributed by atoms with Crippen molar-refractivity contribution in [3.05, 3.63) is 223 Å². The van der Waals surface area contributed by atoms with Gasteiger partial charge in [0, 0.05) is 12.1 Å². The topological polar surface area (TPSA) is 35.9 Å². The van der Waals surface area contributed by atoms with Gasteiger partial charge in [0.15, 0.2) is 0 Å². The number of dihydropyridines is 1. The summed E-state index contributed by atoms with van der Waals surface area (Å²) in [5, 5.41) is 17.3. The number of rotatable bonds is 6. The Hall–Kier alpha value is -7.55. The van der Waals surface area contributed by atoms with Crippen molar-refractivity contribution in [3.63, 3.8) is 0 Å². The van der Waals surface area contributed by atoms with Crippen LogP contribution in [0.5, 0.6) is 0 Å². The van der Waals surface area contributed by atoms with Gasteiger partial charge in [0.2, 0.25) is 0 Å². The molecule has 8 aromatic rings. The smallest absolute Gasteiger partial charge is 0.0849 e. The first kappa shape index (κ1) is 33.8. The van der Waals surface area contributed by atoms with Crippen molar-refractivity contribution in [2.45, 2.75) is 0 Å². The number of nitrogens with one attached hydrogen (secondary N) is 2. The molecule has 0 bridgehead atoms. The Labute approximate surface area is 338 Å². The van der Waals surface area contributed by atoms with Gasteiger partial charge in [0.25, 0.3) is 0 Å². The molecule has 272 valence electrons. The molecule has 1 heterocycles. The van der Waals surface area contributed by atoms with Crippen LogP contribution < -0.4 is 5.32 Å². The quantitative estimate of drug-likeness (QED) is 0.175. The standard InChI is InChI=1S/C56H38N2/c57-55-40(28-29-41-23-14-32-58-56(41)55)22-12-15-36-33-42(37-16-4-1-5-17-37)35-43(34-36)44-30-31-49-52-45(44)26-13-27-48(52)53-50(38-18-6-2-7-19-38)46-24-10-11-25-47(46)51(54(49)53)39-20-8-3-9-21-39/h1-31,33-35,57-58H,32H2/b15-12+,40-22-,57-55?. The van der Waals surface area contributed by atoms with Crippen LogP contribution in [0.25, 0.3) is 94.4 Å². The highest BCUT2D eigenvalue weighted by atomic mass is 14.9. The van der Waals surface area contributed by atoms with E-state index in [1.807, 2.05) is 12.2 Å². The lowest BCUT2D eigenvalue weighted by molar-refractivity contribution is 0.919. The van der Waals surface area contributed by atoms with Crippen LogP contribution in [-0.4, -0.2) is 12.3 Å². The van der Waals surface area contributed by atoms with Crippen LogP contribution in [0.15, 0.2) is 217 Å². The van der Waals surface area contributed by atoms with E-state index in [0.717, 1.165) is 29.0 Å². The zero-order valence-corrected chi connectivity index (χ0v) is 31.8. The van der Waals surface area contributed by atoms with Crippen molar-refractivity contribution in [2.75, 3.05) is 6.54 Å². The molecule has 0 spiro atoms. The summed E-state index contributed by atoms with van der Waals surface area (Å²) in [6, 6.07) is 59.9. The van der Waals surface area contributed by atoms with Gasteiger partial charge in [0.05, 0.1) is 11.4 Å². The predicted octanol–water partition coefficient (Wildman–Crippen LogP) is 14.3. The SMILES string of the molecule is N=C1C2=C(C=CCN2)C=C/C1=C/C=C/c1cc(-c2ccccc2)cc(-c2ccc3c4c(cccc24)-c2c-3c(-c3ccccc3)c3ccccc3c2-c2ccccc2)c1. The van der Waals surface area contributed by atoms with E-state index < -0.39 is 0 Å². The molecule has 0 unspecified atom stereocenters. The first-order chi connectivity index (χ1) is 28.7. The zero-order valence-electron chi connectivity index (χ0n) is 31.8. The Morgan fingerprint density at radius 3 is 1.74 bits per heavy atom. The van der Waals surface area contributed by atoms with Gasteiger partial charge in [-0.05, 0) is 118 Å². The molecule has 0 atom stereocenters. The third-order valence-electron chi connectivity index (χ3n) is 11.8. The zero-order chi connectivity index (χ0) is 38.6. The minimum atomic E-state index is 0.526. The largest absolute Gasteiger partial charge is 0.379 e. The molecule has 0 amide bonds. The van der Waals surface area contributed by atoms with Crippen molar-refractivity contribution in [3.8, 4) is 66.8 Å². The molecule has 0 aromatic heterocycles. The van der Waals surface area contributed by atoms with Gasteiger partial charge in [-0.2, -0.15) is 0 Å². The fraction of sp³-hybridized carbons (Fsp3) is 0.0179. The fourth-order valence-electron chi connectivity index (χ4n) is 9.28. The molecule has 1 aliphatic heterocycles. The van der Waals surface area contributed by atoms with Gasteiger partial charge < -0.3 is 5.32 Å².